The summed E-state index contributed by atoms with van der Waals surface area (Å²) in [6.45, 7) is 2.72. The summed E-state index contributed by atoms with van der Waals surface area (Å²) in [6.07, 6.45) is 7.34. The minimum Gasteiger partial charge on any atom is -0.338 e. The number of nitrogens with one attached hydrogen (secondary N) is 2. The Hall–Kier alpha value is -1.91. The van der Waals surface area contributed by atoms with Gasteiger partial charge in [-0.3, -0.25) is 15.1 Å². The van der Waals surface area contributed by atoms with E-state index in [0.717, 1.165) is 25.7 Å². The van der Waals surface area contributed by atoms with Crippen LogP contribution < -0.4 is 10.6 Å². The van der Waals surface area contributed by atoms with Crippen LogP contribution in [0.15, 0.2) is 24.5 Å². The molecule has 1 aromatic heterocycles. The van der Waals surface area contributed by atoms with E-state index < -0.39 is 11.9 Å². The molecule has 5 heteroatoms. The number of aromatic nitrogens is 1. The van der Waals surface area contributed by atoms with E-state index in [1.807, 2.05) is 0 Å². The molecule has 0 aliphatic heterocycles. The predicted molar refractivity (Wildman–Crippen MR) is 69.2 cm³/mol. The maximum atomic E-state index is 11.6. The Morgan fingerprint density at radius 3 is 2.78 bits per heavy atom. The fourth-order valence-corrected chi connectivity index (χ4v) is 1.47. The minimum atomic E-state index is -0.458. The summed E-state index contributed by atoms with van der Waals surface area (Å²) in [6, 6.07) is 2.80. The number of hydrogen-bond donors (Lipinski definition) is 2. The first kappa shape index (κ1) is 14.2. The van der Waals surface area contributed by atoms with Gasteiger partial charge in [0.15, 0.2) is 0 Å². The SMILES string of the molecule is CCCCCCNC(=O)NC(=O)c1cccnc1. The highest BCUT2D eigenvalue weighted by molar-refractivity contribution is 6.03. The van der Waals surface area contributed by atoms with Crippen molar-refractivity contribution >= 4 is 11.9 Å². The van der Waals surface area contributed by atoms with E-state index in [9.17, 15) is 9.59 Å². The van der Waals surface area contributed by atoms with Gasteiger partial charge in [-0.2, -0.15) is 0 Å². The molecule has 2 N–H and O–H groups in total. The lowest BCUT2D eigenvalue weighted by Crippen LogP contribution is -2.39. The van der Waals surface area contributed by atoms with Gasteiger partial charge in [0.25, 0.3) is 5.91 Å². The lowest BCUT2D eigenvalue weighted by Gasteiger charge is -2.06. The standard InChI is InChI=1S/C13H19N3O2/c1-2-3-4-5-9-15-13(18)16-12(17)11-7-6-8-14-10-11/h6-8,10H,2-5,9H2,1H3,(H2,15,16,17,18). The van der Waals surface area contributed by atoms with Crippen LogP contribution in [0.1, 0.15) is 43.0 Å². The van der Waals surface area contributed by atoms with E-state index in [2.05, 4.69) is 22.5 Å². The molecular weight excluding hydrogens is 230 g/mol. The summed E-state index contributed by atoms with van der Waals surface area (Å²) in [5.41, 5.74) is 0.374. The van der Waals surface area contributed by atoms with Crippen molar-refractivity contribution < 1.29 is 9.59 Å². The van der Waals surface area contributed by atoms with Crippen LogP contribution in [0.5, 0.6) is 0 Å². The van der Waals surface area contributed by atoms with Crippen molar-refractivity contribution in [3.63, 3.8) is 0 Å². The number of imide groups is 1. The Balaban J connectivity index is 2.22. The molecule has 5 nitrogen and oxygen atoms in total. The topological polar surface area (TPSA) is 71.1 Å². The first-order valence-corrected chi connectivity index (χ1v) is 6.23. The quantitative estimate of drug-likeness (QED) is 0.758. The highest BCUT2D eigenvalue weighted by atomic mass is 16.2. The van der Waals surface area contributed by atoms with E-state index in [1.165, 1.54) is 6.20 Å². The highest BCUT2D eigenvalue weighted by Gasteiger charge is 2.08. The van der Waals surface area contributed by atoms with Gasteiger partial charge in [-0.05, 0) is 18.6 Å². The minimum absolute atomic E-state index is 0.374. The maximum Gasteiger partial charge on any atom is 0.321 e. The Morgan fingerprint density at radius 2 is 2.11 bits per heavy atom. The van der Waals surface area contributed by atoms with E-state index in [0.29, 0.717) is 12.1 Å². The highest BCUT2D eigenvalue weighted by Crippen LogP contribution is 1.97. The van der Waals surface area contributed by atoms with Crippen molar-refractivity contribution in [2.45, 2.75) is 32.6 Å². The van der Waals surface area contributed by atoms with Crippen molar-refractivity contribution in [3.05, 3.63) is 30.1 Å². The Kier molecular flexibility index (Phi) is 6.46. The van der Waals surface area contributed by atoms with Crippen molar-refractivity contribution in [3.8, 4) is 0 Å². The molecule has 0 aromatic carbocycles. The van der Waals surface area contributed by atoms with Gasteiger partial charge >= 0.3 is 6.03 Å². The van der Waals surface area contributed by atoms with Crippen molar-refractivity contribution in [1.82, 2.24) is 15.6 Å². The van der Waals surface area contributed by atoms with Gasteiger partial charge in [-0.15, -0.1) is 0 Å². The molecule has 0 atom stereocenters. The van der Waals surface area contributed by atoms with Gasteiger partial charge in [0.05, 0.1) is 5.56 Å². The number of carbonyl (C=O) groups excluding carboxylic acids is 2. The zero-order valence-electron chi connectivity index (χ0n) is 10.6. The van der Waals surface area contributed by atoms with Gasteiger partial charge < -0.3 is 5.32 Å². The molecule has 0 saturated carbocycles. The maximum absolute atomic E-state index is 11.6. The number of nitrogens with zero attached hydrogens (tertiary/aromatic N) is 1. The average Bonchev–Trinajstić information content (AvgIpc) is 2.39. The number of carbonyl (C=O) groups is 2. The van der Waals surface area contributed by atoms with Gasteiger partial charge in [0.1, 0.15) is 0 Å². The van der Waals surface area contributed by atoms with E-state index >= 15 is 0 Å². The number of amides is 3. The second-order valence-corrected chi connectivity index (χ2v) is 4.01. The second kappa shape index (κ2) is 8.22. The van der Waals surface area contributed by atoms with Crippen LogP contribution in [-0.2, 0) is 0 Å². The summed E-state index contributed by atoms with van der Waals surface area (Å²) in [4.78, 5) is 26.8. The average molecular weight is 249 g/mol. The first-order chi connectivity index (χ1) is 8.74. The molecule has 3 amide bonds. The number of hydrogen-bond acceptors (Lipinski definition) is 3. The van der Waals surface area contributed by atoms with Crippen LogP contribution in [0.3, 0.4) is 0 Å². The Labute approximate surface area is 107 Å². The molecule has 0 unspecified atom stereocenters. The number of pyridine rings is 1. The van der Waals surface area contributed by atoms with Gasteiger partial charge in [0.2, 0.25) is 0 Å². The molecule has 0 aliphatic rings. The largest absolute Gasteiger partial charge is 0.338 e. The fraction of sp³-hybridized carbons (Fsp3) is 0.462. The van der Waals surface area contributed by atoms with Crippen molar-refractivity contribution in [2.75, 3.05) is 6.54 Å². The van der Waals surface area contributed by atoms with Gasteiger partial charge in [0, 0.05) is 18.9 Å². The fourth-order valence-electron chi connectivity index (χ4n) is 1.47. The summed E-state index contributed by atoms with van der Waals surface area (Å²) in [7, 11) is 0. The Bertz CT molecular complexity index is 379. The molecule has 0 saturated heterocycles. The van der Waals surface area contributed by atoms with Gasteiger partial charge in [-0.1, -0.05) is 26.2 Å². The van der Waals surface area contributed by atoms with Crippen LogP contribution >= 0.6 is 0 Å². The molecule has 0 fully saturated rings. The molecule has 0 spiro atoms. The second-order valence-electron chi connectivity index (χ2n) is 4.01. The smallest absolute Gasteiger partial charge is 0.321 e. The normalized spacial score (nSPS) is 9.83. The van der Waals surface area contributed by atoms with Crippen LogP contribution in [0, 0.1) is 0 Å². The summed E-state index contributed by atoms with van der Waals surface area (Å²) >= 11 is 0. The third-order valence-corrected chi connectivity index (χ3v) is 2.47. The van der Waals surface area contributed by atoms with Crippen molar-refractivity contribution in [1.29, 1.82) is 0 Å². The molecule has 1 heterocycles. The van der Waals surface area contributed by atoms with E-state index in [4.69, 9.17) is 0 Å². The molecule has 1 aromatic rings. The summed E-state index contributed by atoms with van der Waals surface area (Å²) in [5, 5.41) is 4.91. The van der Waals surface area contributed by atoms with E-state index in [-0.39, 0.29) is 0 Å². The lowest BCUT2D eigenvalue weighted by atomic mass is 10.2. The van der Waals surface area contributed by atoms with Crippen LogP contribution in [0.25, 0.3) is 0 Å². The van der Waals surface area contributed by atoms with E-state index in [1.54, 1.807) is 18.3 Å². The Morgan fingerprint density at radius 1 is 1.28 bits per heavy atom. The first-order valence-electron chi connectivity index (χ1n) is 6.23. The van der Waals surface area contributed by atoms with Crippen LogP contribution in [-0.4, -0.2) is 23.5 Å². The third kappa shape index (κ3) is 5.43. The predicted octanol–water partition coefficient (Wildman–Crippen LogP) is 2.10. The molecule has 0 aliphatic carbocycles. The van der Waals surface area contributed by atoms with Crippen LogP contribution in [0.2, 0.25) is 0 Å². The van der Waals surface area contributed by atoms with Gasteiger partial charge in [-0.25, -0.2) is 4.79 Å². The third-order valence-electron chi connectivity index (χ3n) is 2.47. The molecule has 1 rings (SSSR count). The zero-order valence-corrected chi connectivity index (χ0v) is 10.6. The number of unbranched alkanes of at least 4 members (excludes halogenated alkanes) is 3. The molecule has 0 bridgehead atoms. The lowest BCUT2D eigenvalue weighted by molar-refractivity contribution is 0.0963. The van der Waals surface area contributed by atoms with Crippen molar-refractivity contribution in [2.24, 2.45) is 0 Å². The summed E-state index contributed by atoms with van der Waals surface area (Å²) in [5.74, 6) is -0.436. The molecule has 0 radical (unpaired) electrons. The molecular formula is C13H19N3O2. The molecule has 98 valence electrons. The monoisotopic (exact) mass is 249 g/mol. The molecule has 18 heavy (non-hydrogen) atoms. The van der Waals surface area contributed by atoms with Crippen LogP contribution in [0.4, 0.5) is 4.79 Å². The summed E-state index contributed by atoms with van der Waals surface area (Å²) < 4.78 is 0. The zero-order chi connectivity index (χ0) is 13.2. The number of rotatable bonds is 6. The number of urea groups is 1.